The van der Waals surface area contributed by atoms with Gasteiger partial charge in [-0.25, -0.2) is 4.39 Å². The lowest BCUT2D eigenvalue weighted by atomic mass is 9.74. The van der Waals surface area contributed by atoms with Gasteiger partial charge in [-0.2, -0.15) is 0 Å². The number of hydrogen-bond acceptors (Lipinski definition) is 2. The molecular weight excluding hydrogens is 255 g/mol. The molecule has 3 nitrogen and oxygen atoms in total. The molecule has 1 N–H and O–H groups in total. The van der Waals surface area contributed by atoms with E-state index in [0.29, 0.717) is 0 Å². The second-order valence-corrected chi connectivity index (χ2v) is 6.09. The predicted octanol–water partition coefficient (Wildman–Crippen LogP) is 2.43. The molecule has 2 fully saturated rings. The summed E-state index contributed by atoms with van der Waals surface area (Å²) in [5, 5.41) is 3.44. The zero-order valence-electron chi connectivity index (χ0n) is 11.7. The molecule has 20 heavy (non-hydrogen) atoms. The zero-order chi connectivity index (χ0) is 14.0. The monoisotopic (exact) mass is 276 g/mol. The third-order valence-electron chi connectivity index (χ3n) is 4.61. The molecule has 2 aliphatic heterocycles. The number of carbonyl (C=O) groups is 1. The van der Waals surface area contributed by atoms with Crippen LogP contribution in [-0.2, 0) is 0 Å². The molecule has 3 rings (SSSR count). The normalized spacial score (nSPS) is 26.8. The van der Waals surface area contributed by atoms with E-state index in [1.807, 2.05) is 4.90 Å². The van der Waals surface area contributed by atoms with Gasteiger partial charge in [0.25, 0.3) is 5.91 Å². The van der Waals surface area contributed by atoms with Crippen LogP contribution in [0.15, 0.2) is 24.3 Å². The SMILES string of the molecule is O=C(c1ccccc1F)N1CCC[C@]2(CCCNC2)C1. The predicted molar refractivity (Wildman–Crippen MR) is 76.1 cm³/mol. The highest BCUT2D eigenvalue weighted by atomic mass is 19.1. The highest BCUT2D eigenvalue weighted by Crippen LogP contribution is 2.36. The lowest BCUT2D eigenvalue weighted by Gasteiger charge is -2.45. The number of nitrogens with one attached hydrogen (secondary N) is 1. The minimum atomic E-state index is -0.418. The van der Waals surface area contributed by atoms with Crippen molar-refractivity contribution in [1.29, 1.82) is 0 Å². The average Bonchev–Trinajstić information content (AvgIpc) is 2.48. The number of likely N-dealkylation sites (tertiary alicyclic amines) is 1. The summed E-state index contributed by atoms with van der Waals surface area (Å²) >= 11 is 0. The van der Waals surface area contributed by atoms with Gasteiger partial charge in [-0.15, -0.1) is 0 Å². The van der Waals surface area contributed by atoms with Gasteiger partial charge in [-0.05, 0) is 44.4 Å². The summed E-state index contributed by atoms with van der Waals surface area (Å²) in [7, 11) is 0. The topological polar surface area (TPSA) is 32.3 Å². The molecule has 0 radical (unpaired) electrons. The van der Waals surface area contributed by atoms with Crippen LogP contribution in [0.5, 0.6) is 0 Å². The molecule has 2 aliphatic rings. The highest BCUT2D eigenvalue weighted by Gasteiger charge is 2.38. The lowest BCUT2D eigenvalue weighted by Crippen LogP contribution is -2.52. The summed E-state index contributed by atoms with van der Waals surface area (Å²) in [6.07, 6.45) is 4.52. The number of rotatable bonds is 1. The van der Waals surface area contributed by atoms with Crippen molar-refractivity contribution >= 4 is 5.91 Å². The van der Waals surface area contributed by atoms with E-state index < -0.39 is 5.82 Å². The Hall–Kier alpha value is -1.42. The Balaban J connectivity index is 1.77. The molecule has 1 spiro atoms. The van der Waals surface area contributed by atoms with Gasteiger partial charge in [0, 0.05) is 25.0 Å². The van der Waals surface area contributed by atoms with Gasteiger partial charge >= 0.3 is 0 Å². The second kappa shape index (κ2) is 5.52. The van der Waals surface area contributed by atoms with E-state index in [9.17, 15) is 9.18 Å². The van der Waals surface area contributed by atoms with Gasteiger partial charge in [0.1, 0.15) is 5.82 Å². The van der Waals surface area contributed by atoms with Crippen LogP contribution >= 0.6 is 0 Å². The molecule has 1 aromatic carbocycles. The molecule has 0 aliphatic carbocycles. The minimum absolute atomic E-state index is 0.159. The van der Waals surface area contributed by atoms with Crippen molar-refractivity contribution < 1.29 is 9.18 Å². The quantitative estimate of drug-likeness (QED) is 0.854. The van der Waals surface area contributed by atoms with Crippen LogP contribution in [0.4, 0.5) is 4.39 Å². The number of benzene rings is 1. The van der Waals surface area contributed by atoms with Gasteiger partial charge in [-0.1, -0.05) is 12.1 Å². The largest absolute Gasteiger partial charge is 0.338 e. The first-order valence-corrected chi connectivity index (χ1v) is 7.45. The van der Waals surface area contributed by atoms with Gasteiger partial charge in [0.05, 0.1) is 5.56 Å². The van der Waals surface area contributed by atoms with E-state index in [-0.39, 0.29) is 16.9 Å². The van der Waals surface area contributed by atoms with E-state index in [0.717, 1.165) is 32.6 Å². The maximum atomic E-state index is 13.8. The van der Waals surface area contributed by atoms with Crippen LogP contribution in [0.2, 0.25) is 0 Å². The third-order valence-corrected chi connectivity index (χ3v) is 4.61. The molecule has 0 unspecified atom stereocenters. The van der Waals surface area contributed by atoms with Crippen LogP contribution in [0.3, 0.4) is 0 Å². The Kier molecular flexibility index (Phi) is 3.74. The van der Waals surface area contributed by atoms with Gasteiger partial charge in [0.15, 0.2) is 0 Å². The fourth-order valence-electron chi connectivity index (χ4n) is 3.56. The first kappa shape index (κ1) is 13.6. The highest BCUT2D eigenvalue weighted by molar-refractivity contribution is 5.94. The summed E-state index contributed by atoms with van der Waals surface area (Å²) in [6.45, 7) is 3.55. The molecule has 1 aromatic rings. The molecule has 2 heterocycles. The van der Waals surface area contributed by atoms with E-state index in [1.165, 1.54) is 25.3 Å². The molecule has 0 aromatic heterocycles. The Morgan fingerprint density at radius 2 is 2.05 bits per heavy atom. The number of nitrogens with zero attached hydrogens (tertiary/aromatic N) is 1. The molecule has 2 saturated heterocycles. The Morgan fingerprint density at radius 3 is 2.80 bits per heavy atom. The minimum Gasteiger partial charge on any atom is -0.338 e. The zero-order valence-corrected chi connectivity index (χ0v) is 11.7. The van der Waals surface area contributed by atoms with Crippen molar-refractivity contribution in [3.63, 3.8) is 0 Å². The number of halogens is 1. The standard InChI is InChI=1S/C16H21FN2O/c17-14-6-2-1-5-13(14)15(20)19-10-4-8-16(12-19)7-3-9-18-11-16/h1-2,5-6,18H,3-4,7-12H2/t16-/m0/s1. The van der Waals surface area contributed by atoms with Crippen LogP contribution in [0.1, 0.15) is 36.0 Å². The molecule has 1 atom stereocenters. The first-order chi connectivity index (χ1) is 9.70. The fraction of sp³-hybridized carbons (Fsp3) is 0.562. The van der Waals surface area contributed by atoms with E-state index in [2.05, 4.69) is 5.32 Å². The van der Waals surface area contributed by atoms with Crippen molar-refractivity contribution in [2.24, 2.45) is 5.41 Å². The number of carbonyl (C=O) groups excluding carboxylic acids is 1. The van der Waals surface area contributed by atoms with Crippen LogP contribution < -0.4 is 5.32 Å². The Bertz CT molecular complexity index is 491. The van der Waals surface area contributed by atoms with Crippen LogP contribution in [0, 0.1) is 11.2 Å². The Morgan fingerprint density at radius 1 is 1.25 bits per heavy atom. The van der Waals surface area contributed by atoms with Crippen molar-refractivity contribution in [1.82, 2.24) is 10.2 Å². The summed E-state index contributed by atoms with van der Waals surface area (Å²) in [4.78, 5) is 14.4. The van der Waals surface area contributed by atoms with Crippen molar-refractivity contribution in [3.05, 3.63) is 35.6 Å². The summed E-state index contributed by atoms with van der Waals surface area (Å²) < 4.78 is 13.8. The number of amides is 1. The van der Waals surface area contributed by atoms with E-state index in [4.69, 9.17) is 0 Å². The van der Waals surface area contributed by atoms with Gasteiger partial charge < -0.3 is 10.2 Å². The molecule has 4 heteroatoms. The van der Waals surface area contributed by atoms with E-state index >= 15 is 0 Å². The van der Waals surface area contributed by atoms with Crippen molar-refractivity contribution in [2.45, 2.75) is 25.7 Å². The second-order valence-electron chi connectivity index (χ2n) is 6.09. The van der Waals surface area contributed by atoms with E-state index in [1.54, 1.807) is 18.2 Å². The van der Waals surface area contributed by atoms with Crippen LogP contribution in [-0.4, -0.2) is 37.0 Å². The molecule has 1 amide bonds. The third kappa shape index (κ3) is 2.57. The summed E-state index contributed by atoms with van der Waals surface area (Å²) in [5.74, 6) is -0.577. The number of hydrogen-bond donors (Lipinski definition) is 1. The van der Waals surface area contributed by atoms with Crippen molar-refractivity contribution in [2.75, 3.05) is 26.2 Å². The molecule has 0 saturated carbocycles. The van der Waals surface area contributed by atoms with Crippen molar-refractivity contribution in [3.8, 4) is 0 Å². The van der Waals surface area contributed by atoms with Gasteiger partial charge in [-0.3, -0.25) is 4.79 Å². The molecular formula is C16H21FN2O. The maximum absolute atomic E-state index is 13.8. The van der Waals surface area contributed by atoms with Gasteiger partial charge in [0.2, 0.25) is 0 Å². The summed E-state index contributed by atoms with van der Waals surface area (Å²) in [5.41, 5.74) is 0.408. The first-order valence-electron chi connectivity index (χ1n) is 7.45. The summed E-state index contributed by atoms with van der Waals surface area (Å²) in [6, 6.07) is 6.28. The number of piperidine rings is 2. The lowest BCUT2D eigenvalue weighted by molar-refractivity contribution is 0.0430. The molecule has 108 valence electrons. The van der Waals surface area contributed by atoms with Crippen LogP contribution in [0.25, 0.3) is 0 Å². The smallest absolute Gasteiger partial charge is 0.256 e. The Labute approximate surface area is 119 Å². The maximum Gasteiger partial charge on any atom is 0.256 e. The molecule has 0 bridgehead atoms. The average molecular weight is 276 g/mol. The fourth-order valence-corrected chi connectivity index (χ4v) is 3.56.